The molecule has 0 saturated heterocycles. The van der Waals surface area contributed by atoms with Crippen LogP contribution in [0.3, 0.4) is 0 Å². The van der Waals surface area contributed by atoms with Crippen LogP contribution in [0.4, 0.5) is 0 Å². The van der Waals surface area contributed by atoms with Gasteiger partial charge >= 0.3 is 0 Å². The molecule has 108 valence electrons. The molecular weight excluding hydrogens is 304 g/mol. The van der Waals surface area contributed by atoms with Gasteiger partial charge in [0, 0.05) is 10.0 Å². The fourth-order valence-corrected chi connectivity index (χ4v) is 2.28. The minimum Gasteiger partial charge on any atom is -0.496 e. The Morgan fingerprint density at radius 3 is 2.37 bits per heavy atom. The number of halogens is 1. The summed E-state index contributed by atoms with van der Waals surface area (Å²) in [6, 6.07) is 3.93. The van der Waals surface area contributed by atoms with Crippen LogP contribution in [0.25, 0.3) is 0 Å². The zero-order chi connectivity index (χ0) is 14.8. The number of methoxy groups -OCH3 is 1. The fraction of sp³-hybridized carbons (Fsp3) is 0.625. The summed E-state index contributed by atoms with van der Waals surface area (Å²) in [6.45, 7) is 10.8. The highest BCUT2D eigenvalue weighted by Crippen LogP contribution is 2.37. The molecule has 1 rings (SSSR count). The molecule has 1 aromatic rings. The standard InChI is InChI=1S/C16H25BrO2/c1-10-7-15(19-6)12(9-13(10)17)14(18)8-11(2)16(3,4)5/h7,9,11,14,18H,8H2,1-6H3. The highest BCUT2D eigenvalue weighted by molar-refractivity contribution is 9.10. The smallest absolute Gasteiger partial charge is 0.125 e. The number of ether oxygens (including phenoxy) is 1. The molecule has 0 amide bonds. The van der Waals surface area contributed by atoms with Crippen LogP contribution in [0.2, 0.25) is 0 Å². The Kier molecular flexibility index (Phi) is 5.45. The Hall–Kier alpha value is -0.540. The second-order valence-corrected chi connectivity index (χ2v) is 7.22. The lowest BCUT2D eigenvalue weighted by Crippen LogP contribution is -2.20. The fourth-order valence-electron chi connectivity index (χ4n) is 1.92. The Balaban J connectivity index is 2.99. The van der Waals surface area contributed by atoms with Crippen molar-refractivity contribution in [1.29, 1.82) is 0 Å². The molecule has 0 heterocycles. The first-order valence-electron chi connectivity index (χ1n) is 6.69. The van der Waals surface area contributed by atoms with E-state index in [0.717, 1.165) is 27.8 Å². The summed E-state index contributed by atoms with van der Waals surface area (Å²) in [5.74, 6) is 1.18. The zero-order valence-corrected chi connectivity index (χ0v) is 14.3. The van der Waals surface area contributed by atoms with Gasteiger partial charge in [-0.25, -0.2) is 0 Å². The highest BCUT2D eigenvalue weighted by Gasteiger charge is 2.25. The van der Waals surface area contributed by atoms with E-state index in [1.54, 1.807) is 7.11 Å². The van der Waals surface area contributed by atoms with E-state index in [-0.39, 0.29) is 5.41 Å². The maximum Gasteiger partial charge on any atom is 0.125 e. The van der Waals surface area contributed by atoms with Gasteiger partial charge in [-0.3, -0.25) is 0 Å². The van der Waals surface area contributed by atoms with E-state index < -0.39 is 6.10 Å². The average Bonchev–Trinajstić information content (AvgIpc) is 2.30. The third-order valence-corrected chi connectivity index (χ3v) is 4.78. The van der Waals surface area contributed by atoms with Crippen LogP contribution in [-0.4, -0.2) is 12.2 Å². The second kappa shape index (κ2) is 6.27. The maximum absolute atomic E-state index is 10.5. The molecule has 19 heavy (non-hydrogen) atoms. The molecule has 2 nitrogen and oxygen atoms in total. The first-order chi connectivity index (χ1) is 8.66. The Bertz CT molecular complexity index is 435. The van der Waals surface area contributed by atoms with Crippen molar-refractivity contribution in [3.8, 4) is 5.75 Å². The van der Waals surface area contributed by atoms with Gasteiger partial charge in [0.05, 0.1) is 13.2 Å². The van der Waals surface area contributed by atoms with Gasteiger partial charge in [-0.15, -0.1) is 0 Å². The minimum atomic E-state index is -0.499. The number of benzene rings is 1. The van der Waals surface area contributed by atoms with Gasteiger partial charge in [0.15, 0.2) is 0 Å². The molecule has 2 atom stereocenters. The van der Waals surface area contributed by atoms with Crippen LogP contribution in [0.5, 0.6) is 5.75 Å². The molecule has 0 aromatic heterocycles. The minimum absolute atomic E-state index is 0.191. The number of aryl methyl sites for hydroxylation is 1. The quantitative estimate of drug-likeness (QED) is 0.854. The first kappa shape index (κ1) is 16.5. The maximum atomic E-state index is 10.5. The summed E-state index contributed by atoms with van der Waals surface area (Å²) in [7, 11) is 1.64. The zero-order valence-electron chi connectivity index (χ0n) is 12.7. The highest BCUT2D eigenvalue weighted by atomic mass is 79.9. The summed E-state index contributed by atoms with van der Waals surface area (Å²) in [6.07, 6.45) is 0.233. The predicted molar refractivity (Wildman–Crippen MR) is 83.6 cm³/mol. The monoisotopic (exact) mass is 328 g/mol. The van der Waals surface area contributed by atoms with Gasteiger partial charge in [-0.05, 0) is 42.4 Å². The van der Waals surface area contributed by atoms with Crippen molar-refractivity contribution in [3.05, 3.63) is 27.7 Å². The van der Waals surface area contributed by atoms with Crippen LogP contribution in [0, 0.1) is 18.3 Å². The summed E-state index contributed by atoms with van der Waals surface area (Å²) < 4.78 is 6.39. The van der Waals surface area contributed by atoms with Crippen molar-refractivity contribution in [3.63, 3.8) is 0 Å². The average molecular weight is 329 g/mol. The molecule has 0 aliphatic rings. The molecule has 2 unspecified atom stereocenters. The lowest BCUT2D eigenvalue weighted by molar-refractivity contribution is 0.108. The summed E-state index contributed by atoms with van der Waals surface area (Å²) >= 11 is 3.52. The van der Waals surface area contributed by atoms with E-state index in [4.69, 9.17) is 4.74 Å². The van der Waals surface area contributed by atoms with Crippen LogP contribution >= 0.6 is 15.9 Å². The van der Waals surface area contributed by atoms with Crippen LogP contribution in [-0.2, 0) is 0 Å². The van der Waals surface area contributed by atoms with Gasteiger partial charge in [0.1, 0.15) is 5.75 Å². The summed E-state index contributed by atoms with van der Waals surface area (Å²) in [5, 5.41) is 10.5. The van der Waals surface area contributed by atoms with Crippen molar-refractivity contribution >= 4 is 15.9 Å². The summed E-state index contributed by atoms with van der Waals surface area (Å²) in [5.41, 5.74) is 2.16. The Morgan fingerprint density at radius 1 is 1.32 bits per heavy atom. The molecule has 0 aliphatic heterocycles. The SMILES string of the molecule is COc1cc(C)c(Br)cc1C(O)CC(C)C(C)(C)C. The lowest BCUT2D eigenvalue weighted by atomic mass is 9.78. The topological polar surface area (TPSA) is 29.5 Å². The lowest BCUT2D eigenvalue weighted by Gasteiger charge is -2.29. The summed E-state index contributed by atoms with van der Waals surface area (Å²) in [4.78, 5) is 0. The predicted octanol–water partition coefficient (Wildman–Crippen LogP) is 4.87. The number of aliphatic hydroxyl groups excluding tert-OH is 1. The number of hydrogen-bond acceptors (Lipinski definition) is 2. The third-order valence-electron chi connectivity index (χ3n) is 3.93. The number of aliphatic hydroxyl groups is 1. The van der Waals surface area contributed by atoms with E-state index in [2.05, 4.69) is 43.6 Å². The first-order valence-corrected chi connectivity index (χ1v) is 7.48. The number of hydrogen-bond donors (Lipinski definition) is 1. The van der Waals surface area contributed by atoms with Crippen LogP contribution < -0.4 is 4.74 Å². The third kappa shape index (κ3) is 4.22. The second-order valence-electron chi connectivity index (χ2n) is 6.36. The van der Waals surface area contributed by atoms with Crippen LogP contribution in [0.1, 0.15) is 51.3 Å². The van der Waals surface area contributed by atoms with Gasteiger partial charge in [-0.1, -0.05) is 43.6 Å². The molecule has 1 N–H and O–H groups in total. The van der Waals surface area contributed by atoms with E-state index in [0.29, 0.717) is 5.92 Å². The van der Waals surface area contributed by atoms with Gasteiger partial charge in [0.25, 0.3) is 0 Å². The Morgan fingerprint density at radius 2 is 1.89 bits per heavy atom. The van der Waals surface area contributed by atoms with E-state index in [9.17, 15) is 5.11 Å². The van der Waals surface area contributed by atoms with Gasteiger partial charge < -0.3 is 9.84 Å². The van der Waals surface area contributed by atoms with E-state index in [1.807, 2.05) is 19.1 Å². The van der Waals surface area contributed by atoms with Crippen molar-refractivity contribution < 1.29 is 9.84 Å². The molecule has 0 aliphatic carbocycles. The molecule has 3 heteroatoms. The van der Waals surface area contributed by atoms with Crippen molar-refractivity contribution in [2.75, 3.05) is 7.11 Å². The van der Waals surface area contributed by atoms with E-state index in [1.165, 1.54) is 0 Å². The molecule has 0 radical (unpaired) electrons. The van der Waals surface area contributed by atoms with Gasteiger partial charge in [-0.2, -0.15) is 0 Å². The molecule has 0 bridgehead atoms. The normalized spacial score (nSPS) is 15.2. The van der Waals surface area contributed by atoms with Crippen LogP contribution in [0.15, 0.2) is 16.6 Å². The largest absolute Gasteiger partial charge is 0.496 e. The molecule has 0 spiro atoms. The van der Waals surface area contributed by atoms with Crippen molar-refractivity contribution in [1.82, 2.24) is 0 Å². The van der Waals surface area contributed by atoms with Gasteiger partial charge in [0.2, 0.25) is 0 Å². The molecule has 1 aromatic carbocycles. The Labute approximate surface area is 125 Å². The van der Waals surface area contributed by atoms with Crippen molar-refractivity contribution in [2.45, 2.75) is 47.1 Å². The van der Waals surface area contributed by atoms with E-state index >= 15 is 0 Å². The van der Waals surface area contributed by atoms with Crippen molar-refractivity contribution in [2.24, 2.45) is 11.3 Å². The molecular formula is C16H25BrO2. The molecule has 0 saturated carbocycles. The number of rotatable bonds is 4. The molecule has 0 fully saturated rings.